The number of carbonyl (C=O) groups excluding carboxylic acids is 1. The molecule has 0 spiro atoms. The van der Waals surface area contributed by atoms with Crippen molar-refractivity contribution >= 4 is 46.6 Å². The summed E-state index contributed by atoms with van der Waals surface area (Å²) in [6, 6.07) is 2.62. The van der Waals surface area contributed by atoms with Crippen molar-refractivity contribution in [3.8, 4) is 0 Å². The number of aliphatic carboxylic acids is 1. The number of carboxylic acid groups (broad SMARTS) is 1. The molecule has 0 saturated heterocycles. The van der Waals surface area contributed by atoms with Crippen LogP contribution in [0.3, 0.4) is 0 Å². The highest BCUT2D eigenvalue weighted by molar-refractivity contribution is 6.44. The predicted molar refractivity (Wildman–Crippen MR) is 62.6 cm³/mol. The van der Waals surface area contributed by atoms with Gasteiger partial charge in [0.05, 0.1) is 15.1 Å². The number of ketones is 1. The normalized spacial score (nSPS) is 10.7. The molecule has 0 bridgehead atoms. The van der Waals surface area contributed by atoms with Gasteiger partial charge in [0.1, 0.15) is 0 Å². The van der Waals surface area contributed by atoms with E-state index in [4.69, 9.17) is 39.9 Å². The van der Waals surface area contributed by atoms with Gasteiger partial charge in [0, 0.05) is 11.6 Å². The van der Waals surface area contributed by atoms with E-state index in [0.717, 1.165) is 12.2 Å². The molecule has 0 aliphatic rings. The molecule has 1 rings (SSSR count). The molecule has 84 valence electrons. The molecule has 0 unspecified atom stereocenters. The maximum Gasteiger partial charge on any atom is 0.328 e. The number of halogens is 3. The Labute approximate surface area is 106 Å². The minimum atomic E-state index is -1.22. The first-order valence-electron chi connectivity index (χ1n) is 4.01. The van der Waals surface area contributed by atoms with Crippen LogP contribution in [-0.2, 0) is 4.79 Å². The van der Waals surface area contributed by atoms with E-state index in [1.165, 1.54) is 12.1 Å². The van der Waals surface area contributed by atoms with E-state index in [1.54, 1.807) is 0 Å². The van der Waals surface area contributed by atoms with E-state index < -0.39 is 11.8 Å². The van der Waals surface area contributed by atoms with Gasteiger partial charge in [-0.05, 0) is 18.2 Å². The lowest BCUT2D eigenvalue weighted by Gasteiger charge is -2.02. The van der Waals surface area contributed by atoms with Crippen LogP contribution in [0, 0.1) is 0 Å². The van der Waals surface area contributed by atoms with Gasteiger partial charge in [-0.3, -0.25) is 4.79 Å². The molecule has 1 N–H and O–H groups in total. The van der Waals surface area contributed by atoms with E-state index in [-0.39, 0.29) is 20.6 Å². The number of carbonyl (C=O) groups is 2. The fourth-order valence-corrected chi connectivity index (χ4v) is 1.59. The van der Waals surface area contributed by atoms with Crippen molar-refractivity contribution in [2.75, 3.05) is 0 Å². The van der Waals surface area contributed by atoms with Crippen LogP contribution >= 0.6 is 34.8 Å². The Morgan fingerprint density at radius 2 is 1.56 bits per heavy atom. The maximum atomic E-state index is 11.5. The fourth-order valence-electron chi connectivity index (χ4n) is 0.948. The second-order valence-corrected chi connectivity index (χ2v) is 4.00. The quantitative estimate of drug-likeness (QED) is 0.523. The maximum absolute atomic E-state index is 11.5. The zero-order valence-electron chi connectivity index (χ0n) is 7.71. The first kappa shape index (κ1) is 13.0. The van der Waals surface area contributed by atoms with Crippen LogP contribution in [0.25, 0.3) is 0 Å². The topological polar surface area (TPSA) is 54.4 Å². The second kappa shape index (κ2) is 5.34. The van der Waals surface area contributed by atoms with Gasteiger partial charge in [-0.1, -0.05) is 34.8 Å². The van der Waals surface area contributed by atoms with Crippen molar-refractivity contribution in [2.45, 2.75) is 0 Å². The lowest BCUT2D eigenvalue weighted by atomic mass is 10.1. The summed E-state index contributed by atoms with van der Waals surface area (Å²) < 4.78 is 0. The number of benzene rings is 1. The lowest BCUT2D eigenvalue weighted by molar-refractivity contribution is -0.131. The number of allylic oxidation sites excluding steroid dienone is 1. The smallest absolute Gasteiger partial charge is 0.328 e. The predicted octanol–water partition coefficient (Wildman–Crippen LogP) is 3.47. The highest BCUT2D eigenvalue weighted by atomic mass is 35.5. The molecule has 1 aromatic carbocycles. The second-order valence-electron chi connectivity index (χ2n) is 2.78. The molecule has 0 atom stereocenters. The van der Waals surface area contributed by atoms with Crippen molar-refractivity contribution in [3.05, 3.63) is 44.9 Å². The minimum absolute atomic E-state index is 0.105. The summed E-state index contributed by atoms with van der Waals surface area (Å²) in [4.78, 5) is 21.7. The fraction of sp³-hybridized carbons (Fsp3) is 0. The molecular weight excluding hydrogens is 274 g/mol. The number of hydrogen-bond acceptors (Lipinski definition) is 2. The number of carboxylic acids is 1. The average molecular weight is 280 g/mol. The minimum Gasteiger partial charge on any atom is -0.478 e. The molecular formula is C10H5Cl3O3. The highest BCUT2D eigenvalue weighted by Crippen LogP contribution is 2.29. The summed E-state index contributed by atoms with van der Waals surface area (Å²) in [5, 5.41) is 8.88. The van der Waals surface area contributed by atoms with Crippen molar-refractivity contribution in [1.82, 2.24) is 0 Å². The SMILES string of the molecule is O=C(O)C=CC(=O)c1cc(Cl)c(Cl)cc1Cl. The van der Waals surface area contributed by atoms with E-state index in [9.17, 15) is 9.59 Å². The summed E-state index contributed by atoms with van der Waals surface area (Å²) >= 11 is 17.2. The van der Waals surface area contributed by atoms with Gasteiger partial charge in [-0.25, -0.2) is 4.79 Å². The molecule has 16 heavy (non-hydrogen) atoms. The Bertz CT molecular complexity index is 480. The molecule has 0 aromatic heterocycles. The summed E-state index contributed by atoms with van der Waals surface area (Å²) in [6.45, 7) is 0. The van der Waals surface area contributed by atoms with E-state index in [2.05, 4.69) is 0 Å². The Kier molecular flexibility index (Phi) is 4.35. The first-order valence-corrected chi connectivity index (χ1v) is 5.15. The molecule has 1 aromatic rings. The highest BCUT2D eigenvalue weighted by Gasteiger charge is 2.11. The van der Waals surface area contributed by atoms with Crippen molar-refractivity contribution in [2.24, 2.45) is 0 Å². The summed E-state index contributed by atoms with van der Waals surface area (Å²) in [7, 11) is 0. The summed E-state index contributed by atoms with van der Waals surface area (Å²) in [5.74, 6) is -1.77. The molecule has 0 aliphatic carbocycles. The molecule has 6 heteroatoms. The molecule has 3 nitrogen and oxygen atoms in total. The van der Waals surface area contributed by atoms with Gasteiger partial charge in [-0.2, -0.15) is 0 Å². The van der Waals surface area contributed by atoms with Gasteiger partial charge in [0.15, 0.2) is 5.78 Å². The molecule has 0 saturated carbocycles. The van der Waals surface area contributed by atoms with Gasteiger partial charge >= 0.3 is 5.97 Å². The van der Waals surface area contributed by atoms with Crippen LogP contribution in [0.4, 0.5) is 0 Å². The lowest BCUT2D eigenvalue weighted by Crippen LogP contribution is -1.98. The van der Waals surface area contributed by atoms with Gasteiger partial charge in [0.25, 0.3) is 0 Å². The number of rotatable bonds is 3. The average Bonchev–Trinajstić information content (AvgIpc) is 2.20. The van der Waals surface area contributed by atoms with Crippen molar-refractivity contribution in [3.63, 3.8) is 0 Å². The Balaban J connectivity index is 3.09. The zero-order valence-corrected chi connectivity index (χ0v) is 9.97. The van der Waals surface area contributed by atoms with E-state index in [1.807, 2.05) is 0 Å². The van der Waals surface area contributed by atoms with Gasteiger partial charge in [-0.15, -0.1) is 0 Å². The van der Waals surface area contributed by atoms with Crippen molar-refractivity contribution in [1.29, 1.82) is 0 Å². The number of hydrogen-bond donors (Lipinski definition) is 1. The Morgan fingerprint density at radius 1 is 1.00 bits per heavy atom. The van der Waals surface area contributed by atoms with Crippen LogP contribution in [-0.4, -0.2) is 16.9 Å². The third-order valence-electron chi connectivity index (χ3n) is 1.65. The molecule has 0 aliphatic heterocycles. The van der Waals surface area contributed by atoms with Crippen LogP contribution in [0.15, 0.2) is 24.3 Å². The van der Waals surface area contributed by atoms with Gasteiger partial charge < -0.3 is 5.11 Å². The van der Waals surface area contributed by atoms with E-state index >= 15 is 0 Å². The molecule has 0 radical (unpaired) electrons. The van der Waals surface area contributed by atoms with Crippen LogP contribution < -0.4 is 0 Å². The molecule has 0 amide bonds. The van der Waals surface area contributed by atoms with Crippen LogP contribution in [0.2, 0.25) is 15.1 Å². The monoisotopic (exact) mass is 278 g/mol. The van der Waals surface area contributed by atoms with Crippen molar-refractivity contribution < 1.29 is 14.7 Å². The van der Waals surface area contributed by atoms with E-state index in [0.29, 0.717) is 0 Å². The largest absolute Gasteiger partial charge is 0.478 e. The first-order chi connectivity index (χ1) is 7.41. The van der Waals surface area contributed by atoms with Crippen LogP contribution in [0.5, 0.6) is 0 Å². The Hall–Kier alpha value is -1.03. The third kappa shape index (κ3) is 3.23. The Morgan fingerprint density at radius 3 is 2.12 bits per heavy atom. The molecule has 0 fully saturated rings. The van der Waals surface area contributed by atoms with Crippen LogP contribution in [0.1, 0.15) is 10.4 Å². The standard InChI is InChI=1S/C10H5Cl3O3/c11-6-4-8(13)7(12)3-5(6)9(14)1-2-10(15)16/h1-4H,(H,15,16). The summed E-state index contributed by atoms with van der Waals surface area (Å²) in [5.41, 5.74) is 0.105. The summed E-state index contributed by atoms with van der Waals surface area (Å²) in [6.07, 6.45) is 1.62. The third-order valence-corrected chi connectivity index (χ3v) is 2.69. The zero-order chi connectivity index (χ0) is 12.3. The molecule has 0 heterocycles. The van der Waals surface area contributed by atoms with Gasteiger partial charge in [0.2, 0.25) is 0 Å².